The molecule has 3 saturated heterocycles. The molecule has 3 heterocycles. The highest BCUT2D eigenvalue weighted by Crippen LogP contribution is 2.72. The van der Waals surface area contributed by atoms with Crippen LogP contribution in [-0.4, -0.2) is 79.9 Å². The Bertz CT molecular complexity index is 1170. The van der Waals surface area contributed by atoms with Gasteiger partial charge in [0.15, 0.2) is 0 Å². The molecule has 2 unspecified atom stereocenters. The molecule has 1 aliphatic carbocycles. The fourth-order valence-electron chi connectivity index (χ4n) is 8.16. The number of likely N-dealkylation sites (tertiary alicyclic amines) is 1. The van der Waals surface area contributed by atoms with Gasteiger partial charge in [-0.1, -0.05) is 56.5 Å². The lowest BCUT2D eigenvalue weighted by Crippen LogP contribution is -2.59. The zero-order valence-corrected chi connectivity index (χ0v) is 25.4. The molecule has 1 N–H and O–H groups in total. The fourth-order valence-corrected chi connectivity index (χ4v) is 10.5. The van der Waals surface area contributed by atoms with Crippen molar-refractivity contribution >= 4 is 35.2 Å². The van der Waals surface area contributed by atoms with E-state index in [1.54, 1.807) is 33.7 Å². The summed E-state index contributed by atoms with van der Waals surface area (Å²) in [4.78, 5) is 49.3. The van der Waals surface area contributed by atoms with E-state index in [-0.39, 0.29) is 30.4 Å². The Kier molecular flexibility index (Phi) is 8.72. The number of aliphatic hydroxyl groups excluding tert-OH is 1. The molecule has 6 atom stereocenters. The van der Waals surface area contributed by atoms with E-state index in [1.165, 1.54) is 6.42 Å². The lowest BCUT2D eigenvalue weighted by Gasteiger charge is -2.42. The van der Waals surface area contributed by atoms with Crippen molar-refractivity contribution in [3.05, 3.63) is 55.6 Å². The van der Waals surface area contributed by atoms with Crippen molar-refractivity contribution in [2.24, 2.45) is 11.8 Å². The first kappa shape index (κ1) is 29.9. The molecule has 1 aromatic carbocycles. The third-order valence-electron chi connectivity index (χ3n) is 10.1. The Morgan fingerprint density at radius 1 is 1.10 bits per heavy atom. The summed E-state index contributed by atoms with van der Waals surface area (Å²) in [6.45, 7) is 12.5. The number of carbonyl (C=O) groups is 3. The number of benzene rings is 1. The van der Waals surface area contributed by atoms with Crippen LogP contribution in [0.15, 0.2) is 55.6 Å². The average molecular weight is 580 g/mol. The smallest absolute Gasteiger partial charge is 0.247 e. The number of carbonyl (C=O) groups excluding carboxylic acids is 3. The molecule has 4 fully saturated rings. The van der Waals surface area contributed by atoms with Crippen molar-refractivity contribution in [2.75, 3.05) is 24.6 Å². The van der Waals surface area contributed by atoms with Crippen LogP contribution < -0.4 is 4.90 Å². The fraction of sp³-hybridized carbons (Fsp3) is 0.606. The van der Waals surface area contributed by atoms with Crippen LogP contribution in [-0.2, 0) is 14.4 Å². The Hall–Kier alpha value is -2.58. The summed E-state index contributed by atoms with van der Waals surface area (Å²) in [7, 11) is 0. The monoisotopic (exact) mass is 579 g/mol. The van der Waals surface area contributed by atoms with Gasteiger partial charge in [0.1, 0.15) is 6.04 Å². The Balaban J connectivity index is 1.59. The number of hydrogen-bond donors (Lipinski definition) is 1. The van der Waals surface area contributed by atoms with Crippen molar-refractivity contribution in [1.29, 1.82) is 0 Å². The minimum absolute atomic E-state index is 0.0459. The van der Waals surface area contributed by atoms with Crippen LogP contribution in [0.4, 0.5) is 5.69 Å². The molecule has 0 aromatic heterocycles. The molecular weight excluding hydrogens is 534 g/mol. The van der Waals surface area contributed by atoms with Gasteiger partial charge in [0.25, 0.3) is 0 Å². The van der Waals surface area contributed by atoms with E-state index in [9.17, 15) is 19.5 Å². The SMILES string of the molecule is C=CCN(C(=O)[C@@H]1[C@H]2C(=O)N([C@@H](CC)CO)C(C(=O)N(CC=C)C3CCCCC3)C23CC[C@@]1(C)S3)c1ccccc1. The van der Waals surface area contributed by atoms with E-state index in [4.69, 9.17) is 0 Å². The van der Waals surface area contributed by atoms with Crippen LogP contribution in [0.25, 0.3) is 0 Å². The van der Waals surface area contributed by atoms with E-state index in [0.29, 0.717) is 25.9 Å². The number of hydrogen-bond acceptors (Lipinski definition) is 5. The first-order valence-electron chi connectivity index (χ1n) is 15.3. The van der Waals surface area contributed by atoms with E-state index >= 15 is 0 Å². The molecule has 41 heavy (non-hydrogen) atoms. The zero-order chi connectivity index (χ0) is 29.4. The maximum atomic E-state index is 14.8. The molecule has 3 amide bonds. The standard InChI is InChI=1S/C33H45N3O4S/c1-5-20-34(24-14-10-8-11-15-24)29(38)26-27-30(39)36(23(7-3)22-37)28(33(27)19-18-32(26,4)41-33)31(40)35(21-6-2)25-16-12-9-13-17-25/h5-6,8,10-11,14-15,23,25-28,37H,1-2,7,9,12-13,16-22H2,3-4H3/t23-,26-,27-,28?,32+,33?/m0/s1. The zero-order valence-electron chi connectivity index (χ0n) is 24.5. The van der Waals surface area contributed by atoms with E-state index in [1.807, 2.05) is 42.2 Å². The summed E-state index contributed by atoms with van der Waals surface area (Å²) in [5, 5.41) is 10.4. The summed E-state index contributed by atoms with van der Waals surface area (Å²) < 4.78 is -1.18. The third-order valence-corrected chi connectivity index (χ3v) is 12.0. The lowest BCUT2D eigenvalue weighted by atomic mass is 9.66. The molecule has 3 aliphatic heterocycles. The van der Waals surface area contributed by atoms with Gasteiger partial charge in [-0.2, -0.15) is 0 Å². The molecule has 4 aliphatic rings. The maximum Gasteiger partial charge on any atom is 0.247 e. The number of fused-ring (bicyclic) bond motifs is 1. The summed E-state index contributed by atoms with van der Waals surface area (Å²) in [6.07, 6.45) is 10.7. The molecule has 1 aromatic rings. The largest absolute Gasteiger partial charge is 0.394 e. The Morgan fingerprint density at radius 2 is 1.78 bits per heavy atom. The van der Waals surface area contributed by atoms with Gasteiger partial charge in [0.2, 0.25) is 17.7 Å². The maximum absolute atomic E-state index is 14.8. The highest BCUT2D eigenvalue weighted by Gasteiger charge is 2.78. The third kappa shape index (κ3) is 4.85. The van der Waals surface area contributed by atoms with Gasteiger partial charge >= 0.3 is 0 Å². The molecule has 0 radical (unpaired) electrons. The van der Waals surface area contributed by atoms with Crippen LogP contribution in [0.5, 0.6) is 0 Å². The van der Waals surface area contributed by atoms with Gasteiger partial charge in [-0.15, -0.1) is 24.9 Å². The predicted octanol–water partition coefficient (Wildman–Crippen LogP) is 4.81. The van der Waals surface area contributed by atoms with Crippen LogP contribution >= 0.6 is 11.8 Å². The summed E-state index contributed by atoms with van der Waals surface area (Å²) in [5.41, 5.74) is 0.772. The highest BCUT2D eigenvalue weighted by molar-refractivity contribution is 8.02. The van der Waals surface area contributed by atoms with E-state index in [0.717, 1.165) is 37.8 Å². The topological polar surface area (TPSA) is 81.2 Å². The lowest BCUT2D eigenvalue weighted by molar-refractivity contribution is -0.147. The molecule has 5 rings (SSSR count). The summed E-state index contributed by atoms with van der Waals surface area (Å²) in [6, 6.07) is 8.47. The number of aliphatic hydroxyl groups is 1. The Labute approximate surface area is 249 Å². The molecule has 7 nitrogen and oxygen atoms in total. The second-order valence-electron chi connectivity index (χ2n) is 12.4. The highest BCUT2D eigenvalue weighted by atomic mass is 32.2. The normalized spacial score (nSPS) is 31.5. The van der Waals surface area contributed by atoms with Crippen LogP contribution in [0.1, 0.15) is 65.2 Å². The average Bonchev–Trinajstić information content (AvgIpc) is 3.56. The van der Waals surface area contributed by atoms with Crippen molar-refractivity contribution in [3.8, 4) is 0 Å². The van der Waals surface area contributed by atoms with Crippen molar-refractivity contribution in [2.45, 2.75) is 92.8 Å². The molecule has 2 bridgehead atoms. The Morgan fingerprint density at radius 3 is 2.39 bits per heavy atom. The first-order valence-corrected chi connectivity index (χ1v) is 16.1. The molecule has 222 valence electrons. The number of rotatable bonds is 11. The molecule has 1 saturated carbocycles. The number of thioether (sulfide) groups is 1. The molecular formula is C33H45N3O4S. The van der Waals surface area contributed by atoms with Crippen LogP contribution in [0, 0.1) is 11.8 Å². The predicted molar refractivity (Wildman–Crippen MR) is 165 cm³/mol. The van der Waals surface area contributed by atoms with Gasteiger partial charge in [-0.05, 0) is 51.2 Å². The van der Waals surface area contributed by atoms with Gasteiger partial charge in [-0.3, -0.25) is 14.4 Å². The molecule has 1 spiro atoms. The summed E-state index contributed by atoms with van der Waals surface area (Å²) >= 11 is 1.69. The molecule has 8 heteroatoms. The number of para-hydroxylation sites is 1. The minimum Gasteiger partial charge on any atom is -0.394 e. The van der Waals surface area contributed by atoms with Crippen molar-refractivity contribution in [1.82, 2.24) is 9.80 Å². The first-order chi connectivity index (χ1) is 19.8. The second-order valence-corrected chi connectivity index (χ2v) is 14.3. The van der Waals surface area contributed by atoms with Gasteiger partial charge in [-0.25, -0.2) is 0 Å². The van der Waals surface area contributed by atoms with Gasteiger partial charge < -0.3 is 19.8 Å². The number of nitrogens with zero attached hydrogens (tertiary/aromatic N) is 3. The quantitative estimate of drug-likeness (QED) is 0.381. The van der Waals surface area contributed by atoms with Crippen LogP contribution in [0.3, 0.4) is 0 Å². The van der Waals surface area contributed by atoms with Crippen LogP contribution in [0.2, 0.25) is 0 Å². The van der Waals surface area contributed by atoms with E-state index < -0.39 is 33.4 Å². The second kappa shape index (κ2) is 12.0. The van der Waals surface area contributed by atoms with Crippen molar-refractivity contribution in [3.63, 3.8) is 0 Å². The van der Waals surface area contributed by atoms with Gasteiger partial charge in [0, 0.05) is 29.6 Å². The number of anilines is 1. The van der Waals surface area contributed by atoms with Crippen molar-refractivity contribution < 1.29 is 19.5 Å². The minimum atomic E-state index is -0.715. The summed E-state index contributed by atoms with van der Waals surface area (Å²) in [5.74, 6) is -1.50. The number of amides is 3. The van der Waals surface area contributed by atoms with E-state index in [2.05, 4.69) is 20.1 Å². The van der Waals surface area contributed by atoms with Gasteiger partial charge in [0.05, 0.1) is 29.2 Å².